The first kappa shape index (κ1) is 16.6. The zero-order chi connectivity index (χ0) is 15.6. The molecule has 0 N–H and O–H groups in total. The SMILES string of the molecule is CC1CSC(CCc2ccc(Cl)cc2Cl)(Cn2ccnc2)S1. The molecule has 0 spiro atoms. The predicted octanol–water partition coefficient (Wildman–Crippen LogP) is 5.39. The smallest absolute Gasteiger partial charge is 0.0946 e. The van der Waals surface area contributed by atoms with Crippen LogP contribution in [0.4, 0.5) is 0 Å². The van der Waals surface area contributed by atoms with Crippen LogP contribution < -0.4 is 0 Å². The number of benzene rings is 1. The maximum atomic E-state index is 6.32. The van der Waals surface area contributed by atoms with Crippen molar-refractivity contribution in [2.75, 3.05) is 5.75 Å². The summed E-state index contributed by atoms with van der Waals surface area (Å²) >= 11 is 16.5. The van der Waals surface area contributed by atoms with Gasteiger partial charge in [-0.25, -0.2) is 4.98 Å². The van der Waals surface area contributed by atoms with Crippen molar-refractivity contribution in [2.45, 2.75) is 35.6 Å². The molecule has 0 aliphatic carbocycles. The summed E-state index contributed by atoms with van der Waals surface area (Å²) in [7, 11) is 0. The number of halogens is 2. The molecular weight excluding hydrogens is 355 g/mol. The molecule has 6 heteroatoms. The molecule has 2 unspecified atom stereocenters. The maximum absolute atomic E-state index is 6.32. The zero-order valence-corrected chi connectivity index (χ0v) is 15.5. The van der Waals surface area contributed by atoms with Gasteiger partial charge in [-0.15, -0.1) is 23.5 Å². The fourth-order valence-corrected chi connectivity index (χ4v) is 6.86. The number of aryl methyl sites for hydroxylation is 1. The molecule has 1 aliphatic heterocycles. The molecule has 3 rings (SSSR count). The molecule has 1 aromatic carbocycles. The quantitative estimate of drug-likeness (QED) is 0.700. The molecule has 2 heterocycles. The van der Waals surface area contributed by atoms with Gasteiger partial charge in [0.2, 0.25) is 0 Å². The third-order valence-corrected chi connectivity index (χ3v) is 8.07. The molecule has 1 fully saturated rings. The van der Waals surface area contributed by atoms with E-state index in [0.717, 1.165) is 24.4 Å². The van der Waals surface area contributed by atoms with Crippen LogP contribution in [0.15, 0.2) is 36.9 Å². The van der Waals surface area contributed by atoms with Gasteiger partial charge in [0.15, 0.2) is 0 Å². The first-order chi connectivity index (χ1) is 10.6. The number of aromatic nitrogens is 2. The Balaban J connectivity index is 1.73. The van der Waals surface area contributed by atoms with Gasteiger partial charge in [-0.2, -0.15) is 0 Å². The lowest BCUT2D eigenvalue weighted by molar-refractivity contribution is 0.592. The molecular formula is C16H18Cl2N2S2. The Bertz CT molecular complexity index is 633. The lowest BCUT2D eigenvalue weighted by atomic mass is 10.1. The lowest BCUT2D eigenvalue weighted by Crippen LogP contribution is -2.25. The Morgan fingerprint density at radius 2 is 2.27 bits per heavy atom. The van der Waals surface area contributed by atoms with Crippen LogP contribution in [0, 0.1) is 0 Å². The third kappa shape index (κ3) is 3.97. The standard InChI is InChI=1S/C16H18Cl2N2S2/c1-12-9-21-16(22-12,10-20-7-6-19-11-20)5-4-13-2-3-14(17)8-15(13)18/h2-3,6-8,11-12H,4-5,9-10H2,1H3. The summed E-state index contributed by atoms with van der Waals surface area (Å²) in [6.45, 7) is 3.29. The monoisotopic (exact) mass is 372 g/mol. The topological polar surface area (TPSA) is 17.8 Å². The van der Waals surface area contributed by atoms with E-state index in [0.29, 0.717) is 10.3 Å². The second-order valence-corrected chi connectivity index (χ2v) is 9.95. The van der Waals surface area contributed by atoms with E-state index in [-0.39, 0.29) is 4.08 Å². The second kappa shape index (κ2) is 7.08. The number of hydrogen-bond donors (Lipinski definition) is 0. The fourth-order valence-electron chi connectivity index (χ4n) is 2.70. The van der Waals surface area contributed by atoms with Crippen LogP contribution in [-0.2, 0) is 13.0 Å². The molecule has 2 aromatic rings. The van der Waals surface area contributed by atoms with E-state index in [4.69, 9.17) is 23.2 Å². The van der Waals surface area contributed by atoms with Crippen molar-refractivity contribution in [1.29, 1.82) is 0 Å². The second-order valence-electron chi connectivity index (χ2n) is 5.62. The van der Waals surface area contributed by atoms with E-state index in [1.54, 1.807) is 0 Å². The van der Waals surface area contributed by atoms with Crippen molar-refractivity contribution in [3.05, 3.63) is 52.5 Å². The molecule has 2 atom stereocenters. The van der Waals surface area contributed by atoms with E-state index in [9.17, 15) is 0 Å². The summed E-state index contributed by atoms with van der Waals surface area (Å²) in [5, 5.41) is 2.15. The van der Waals surface area contributed by atoms with Crippen molar-refractivity contribution >= 4 is 46.7 Å². The van der Waals surface area contributed by atoms with Crippen LogP contribution >= 0.6 is 46.7 Å². The van der Waals surface area contributed by atoms with Gasteiger partial charge in [0, 0.05) is 40.0 Å². The molecule has 1 aromatic heterocycles. The Kier molecular flexibility index (Phi) is 5.33. The van der Waals surface area contributed by atoms with Gasteiger partial charge in [-0.05, 0) is 30.5 Å². The van der Waals surface area contributed by atoms with Crippen molar-refractivity contribution in [3.63, 3.8) is 0 Å². The van der Waals surface area contributed by atoms with Gasteiger partial charge < -0.3 is 4.57 Å². The Morgan fingerprint density at radius 1 is 1.41 bits per heavy atom. The van der Waals surface area contributed by atoms with Crippen LogP contribution in [0.2, 0.25) is 10.0 Å². The molecule has 1 aliphatic rings. The molecule has 2 nitrogen and oxygen atoms in total. The first-order valence-electron chi connectivity index (χ1n) is 7.28. The Hall–Kier alpha value is -0.290. The van der Waals surface area contributed by atoms with Crippen LogP contribution in [0.5, 0.6) is 0 Å². The third-order valence-electron chi connectivity index (χ3n) is 3.77. The van der Waals surface area contributed by atoms with Crippen molar-refractivity contribution in [2.24, 2.45) is 0 Å². The molecule has 0 saturated carbocycles. The van der Waals surface area contributed by atoms with Gasteiger partial charge in [0.05, 0.1) is 10.4 Å². The van der Waals surface area contributed by atoms with E-state index < -0.39 is 0 Å². The van der Waals surface area contributed by atoms with Gasteiger partial charge in [-0.3, -0.25) is 0 Å². The molecule has 0 bridgehead atoms. The van der Waals surface area contributed by atoms with Gasteiger partial charge in [0.25, 0.3) is 0 Å². The van der Waals surface area contributed by atoms with Crippen molar-refractivity contribution < 1.29 is 0 Å². The molecule has 118 valence electrons. The van der Waals surface area contributed by atoms with Crippen LogP contribution in [-0.4, -0.2) is 24.6 Å². The minimum absolute atomic E-state index is 0.198. The average molecular weight is 373 g/mol. The highest BCUT2D eigenvalue weighted by atomic mass is 35.5. The summed E-state index contributed by atoms with van der Waals surface area (Å²) in [6.07, 6.45) is 7.85. The van der Waals surface area contributed by atoms with Crippen LogP contribution in [0.3, 0.4) is 0 Å². The molecule has 22 heavy (non-hydrogen) atoms. The Morgan fingerprint density at radius 3 is 2.91 bits per heavy atom. The number of nitrogens with zero attached hydrogens (tertiary/aromatic N) is 2. The molecule has 1 saturated heterocycles. The van der Waals surface area contributed by atoms with E-state index in [2.05, 4.69) is 40.0 Å². The highest BCUT2D eigenvalue weighted by Gasteiger charge is 2.39. The zero-order valence-electron chi connectivity index (χ0n) is 12.3. The minimum Gasteiger partial charge on any atom is -0.335 e. The highest BCUT2D eigenvalue weighted by molar-refractivity contribution is 8.21. The van der Waals surface area contributed by atoms with E-state index in [1.165, 1.54) is 11.3 Å². The number of imidazole rings is 1. The summed E-state index contributed by atoms with van der Waals surface area (Å²) in [5.41, 5.74) is 1.18. The summed E-state index contributed by atoms with van der Waals surface area (Å²) in [5.74, 6) is 1.20. The van der Waals surface area contributed by atoms with Gasteiger partial charge in [0.1, 0.15) is 0 Å². The van der Waals surface area contributed by atoms with E-state index in [1.807, 2.05) is 36.9 Å². The molecule has 0 radical (unpaired) electrons. The number of rotatable bonds is 5. The summed E-state index contributed by atoms with van der Waals surface area (Å²) in [4.78, 5) is 4.17. The van der Waals surface area contributed by atoms with Gasteiger partial charge >= 0.3 is 0 Å². The number of hydrogen-bond acceptors (Lipinski definition) is 3. The Labute approximate surface area is 150 Å². The van der Waals surface area contributed by atoms with Crippen LogP contribution in [0.25, 0.3) is 0 Å². The summed E-state index contributed by atoms with van der Waals surface area (Å²) in [6, 6.07) is 5.80. The van der Waals surface area contributed by atoms with E-state index >= 15 is 0 Å². The maximum Gasteiger partial charge on any atom is 0.0946 e. The fraction of sp³-hybridized carbons (Fsp3) is 0.438. The number of thioether (sulfide) groups is 2. The largest absolute Gasteiger partial charge is 0.335 e. The van der Waals surface area contributed by atoms with Crippen molar-refractivity contribution in [3.8, 4) is 0 Å². The first-order valence-corrected chi connectivity index (χ1v) is 9.90. The summed E-state index contributed by atoms with van der Waals surface area (Å²) < 4.78 is 2.38. The normalized spacial score (nSPS) is 24.8. The van der Waals surface area contributed by atoms with Crippen LogP contribution in [0.1, 0.15) is 18.9 Å². The van der Waals surface area contributed by atoms with Gasteiger partial charge in [-0.1, -0.05) is 36.2 Å². The molecule has 0 amide bonds. The highest BCUT2D eigenvalue weighted by Crippen LogP contribution is 2.51. The lowest BCUT2D eigenvalue weighted by Gasteiger charge is -2.28. The average Bonchev–Trinajstić information content (AvgIpc) is 3.09. The van der Waals surface area contributed by atoms with Crippen molar-refractivity contribution in [1.82, 2.24) is 9.55 Å². The minimum atomic E-state index is 0.198. The predicted molar refractivity (Wildman–Crippen MR) is 99.3 cm³/mol.